The van der Waals surface area contributed by atoms with Gasteiger partial charge in [0.1, 0.15) is 17.3 Å². The summed E-state index contributed by atoms with van der Waals surface area (Å²) in [6.45, 7) is 0.658. The van der Waals surface area contributed by atoms with Crippen LogP contribution in [0.2, 0.25) is 0 Å². The van der Waals surface area contributed by atoms with Crippen molar-refractivity contribution in [3.8, 4) is 11.5 Å². The summed E-state index contributed by atoms with van der Waals surface area (Å²) in [5, 5.41) is 0. The summed E-state index contributed by atoms with van der Waals surface area (Å²) < 4.78 is 38.4. The molecule has 1 heterocycles. The summed E-state index contributed by atoms with van der Waals surface area (Å²) in [6, 6.07) is 11.6. The van der Waals surface area contributed by atoms with Gasteiger partial charge in [-0.05, 0) is 48.7 Å². The fourth-order valence-corrected chi connectivity index (χ4v) is 5.41. The predicted octanol–water partition coefficient (Wildman–Crippen LogP) is 2.98. The molecule has 2 aromatic carbocycles. The van der Waals surface area contributed by atoms with Crippen LogP contribution in [0.3, 0.4) is 0 Å². The van der Waals surface area contributed by atoms with E-state index in [0.29, 0.717) is 22.8 Å². The minimum absolute atomic E-state index is 0.0585. The molecule has 1 aromatic heterocycles. The Kier molecular flexibility index (Phi) is 7.22. The Labute approximate surface area is 183 Å². The molecule has 0 atom stereocenters. The third-order valence-electron chi connectivity index (χ3n) is 4.36. The Morgan fingerprint density at radius 1 is 1.10 bits per heavy atom. The van der Waals surface area contributed by atoms with Crippen LogP contribution < -0.4 is 14.3 Å². The first-order chi connectivity index (χ1) is 14.4. The van der Waals surface area contributed by atoms with E-state index in [1.807, 2.05) is 29.0 Å². The van der Waals surface area contributed by atoms with Crippen molar-refractivity contribution in [1.82, 2.24) is 4.57 Å². The van der Waals surface area contributed by atoms with E-state index >= 15 is 0 Å². The lowest BCUT2D eigenvalue weighted by Gasteiger charge is -2.05. The number of benzene rings is 2. The minimum Gasteiger partial charge on any atom is -0.497 e. The van der Waals surface area contributed by atoms with Crippen molar-refractivity contribution in [2.45, 2.75) is 11.4 Å². The summed E-state index contributed by atoms with van der Waals surface area (Å²) in [4.78, 5) is 17.2. The van der Waals surface area contributed by atoms with Gasteiger partial charge in [-0.2, -0.15) is 16.8 Å². The number of hydrogen-bond acceptors (Lipinski definition) is 7. The lowest BCUT2D eigenvalue weighted by molar-refractivity contribution is -0.115. The number of aryl methyl sites for hydroxylation is 1. The average molecular weight is 467 g/mol. The van der Waals surface area contributed by atoms with Crippen molar-refractivity contribution in [2.24, 2.45) is 4.99 Å². The zero-order valence-corrected chi connectivity index (χ0v) is 19.3. The largest absolute Gasteiger partial charge is 0.497 e. The number of ether oxygens (including phenoxy) is 2. The number of carbonyl (C=O) groups is 1. The standard InChI is InChI=1S/C20H22N2O5S3/c1-26-14-4-7-16(8-5-14)30(24,25)13-19(23)21-20-22(10-11-28-3)17-9-6-15(27-2)12-18(17)29-20/h4-9,12H,10-11,13H2,1-3H3. The van der Waals surface area contributed by atoms with Crippen LogP contribution >= 0.6 is 23.1 Å². The molecule has 30 heavy (non-hydrogen) atoms. The van der Waals surface area contributed by atoms with Crippen molar-refractivity contribution in [3.63, 3.8) is 0 Å². The monoisotopic (exact) mass is 466 g/mol. The molecule has 0 fully saturated rings. The van der Waals surface area contributed by atoms with E-state index in [0.717, 1.165) is 16.0 Å². The molecule has 1 amide bonds. The minimum atomic E-state index is -3.80. The fraction of sp³-hybridized carbons (Fsp3) is 0.300. The van der Waals surface area contributed by atoms with E-state index in [4.69, 9.17) is 9.47 Å². The quantitative estimate of drug-likeness (QED) is 0.507. The van der Waals surface area contributed by atoms with Crippen LogP contribution in [-0.2, 0) is 21.2 Å². The highest BCUT2D eigenvalue weighted by Crippen LogP contribution is 2.23. The second-order valence-electron chi connectivity index (χ2n) is 6.30. The first-order valence-electron chi connectivity index (χ1n) is 8.98. The second-order valence-corrected chi connectivity index (χ2v) is 10.3. The number of sulfone groups is 1. The van der Waals surface area contributed by atoms with Gasteiger partial charge in [0.25, 0.3) is 5.91 Å². The maximum Gasteiger partial charge on any atom is 0.263 e. The normalized spacial score (nSPS) is 12.3. The third kappa shape index (κ3) is 5.05. The second kappa shape index (κ2) is 9.67. The number of hydrogen-bond donors (Lipinski definition) is 0. The lowest BCUT2D eigenvalue weighted by Crippen LogP contribution is -2.21. The highest BCUT2D eigenvalue weighted by atomic mass is 32.2. The van der Waals surface area contributed by atoms with Crippen molar-refractivity contribution in [2.75, 3.05) is 32.0 Å². The maximum absolute atomic E-state index is 12.6. The van der Waals surface area contributed by atoms with E-state index in [2.05, 4.69) is 4.99 Å². The Morgan fingerprint density at radius 3 is 2.40 bits per heavy atom. The lowest BCUT2D eigenvalue weighted by atomic mass is 10.3. The number of amides is 1. The summed E-state index contributed by atoms with van der Waals surface area (Å²) >= 11 is 3.01. The number of thioether (sulfide) groups is 1. The van der Waals surface area contributed by atoms with Gasteiger partial charge in [-0.15, -0.1) is 0 Å². The van der Waals surface area contributed by atoms with Gasteiger partial charge in [0.15, 0.2) is 14.6 Å². The Morgan fingerprint density at radius 2 is 1.77 bits per heavy atom. The Bertz CT molecular complexity index is 1210. The Hall–Kier alpha value is -2.30. The SMILES string of the molecule is COc1ccc(S(=O)(=O)CC(=O)N=c2sc3cc(OC)ccc3n2CCSC)cc1. The molecular formula is C20H22N2O5S3. The molecule has 0 N–H and O–H groups in total. The van der Waals surface area contributed by atoms with Crippen molar-refractivity contribution in [3.05, 3.63) is 47.3 Å². The molecule has 0 aliphatic heterocycles. The highest BCUT2D eigenvalue weighted by Gasteiger charge is 2.20. The number of aromatic nitrogens is 1. The Balaban J connectivity index is 1.94. The van der Waals surface area contributed by atoms with E-state index in [1.165, 1.54) is 30.6 Å². The van der Waals surface area contributed by atoms with Gasteiger partial charge >= 0.3 is 0 Å². The zero-order chi connectivity index (χ0) is 21.7. The van der Waals surface area contributed by atoms with E-state index in [-0.39, 0.29) is 4.90 Å². The molecule has 0 saturated carbocycles. The number of carbonyl (C=O) groups excluding carboxylic acids is 1. The van der Waals surface area contributed by atoms with Gasteiger partial charge in [-0.3, -0.25) is 4.79 Å². The van der Waals surface area contributed by atoms with Crippen molar-refractivity contribution < 1.29 is 22.7 Å². The summed E-state index contributed by atoms with van der Waals surface area (Å²) in [5.41, 5.74) is 0.930. The summed E-state index contributed by atoms with van der Waals surface area (Å²) in [6.07, 6.45) is 2.00. The molecule has 3 rings (SSSR count). The van der Waals surface area contributed by atoms with Crippen LogP contribution in [0.5, 0.6) is 11.5 Å². The number of nitrogens with zero attached hydrogens (tertiary/aromatic N) is 2. The first kappa shape index (κ1) is 22.4. The third-order valence-corrected chi connectivity index (χ3v) is 7.61. The van der Waals surface area contributed by atoms with Crippen molar-refractivity contribution >= 4 is 49.1 Å². The topological polar surface area (TPSA) is 87.0 Å². The van der Waals surface area contributed by atoms with E-state index < -0.39 is 21.5 Å². The molecule has 0 bridgehead atoms. The molecule has 10 heteroatoms. The van der Waals surface area contributed by atoms with E-state index in [9.17, 15) is 13.2 Å². The maximum atomic E-state index is 12.6. The van der Waals surface area contributed by atoms with Gasteiger partial charge in [0, 0.05) is 12.3 Å². The van der Waals surface area contributed by atoms with Crippen molar-refractivity contribution in [1.29, 1.82) is 0 Å². The molecule has 0 radical (unpaired) electrons. The van der Waals surface area contributed by atoms with Crippen LogP contribution in [0.15, 0.2) is 52.4 Å². The van der Waals surface area contributed by atoms with E-state index in [1.54, 1.807) is 31.0 Å². The number of methoxy groups -OCH3 is 2. The fourth-order valence-electron chi connectivity index (χ4n) is 2.83. The molecule has 0 spiro atoms. The molecule has 0 aliphatic carbocycles. The van der Waals surface area contributed by atoms with Gasteiger partial charge in [0.2, 0.25) is 0 Å². The number of rotatable bonds is 8. The smallest absolute Gasteiger partial charge is 0.263 e. The van der Waals surface area contributed by atoms with Crippen LogP contribution in [-0.4, -0.2) is 50.9 Å². The molecule has 3 aromatic rings. The first-order valence-corrected chi connectivity index (χ1v) is 12.8. The molecule has 0 saturated heterocycles. The van der Waals surface area contributed by atoms with Crippen LogP contribution in [0.25, 0.3) is 10.2 Å². The van der Waals surface area contributed by atoms with Gasteiger partial charge < -0.3 is 14.0 Å². The van der Waals surface area contributed by atoms with Crippen LogP contribution in [0.1, 0.15) is 0 Å². The van der Waals surface area contributed by atoms with Crippen LogP contribution in [0.4, 0.5) is 0 Å². The highest BCUT2D eigenvalue weighted by molar-refractivity contribution is 7.98. The molecule has 7 nitrogen and oxygen atoms in total. The number of thiazole rings is 1. The van der Waals surface area contributed by atoms with Gasteiger partial charge in [-0.1, -0.05) is 11.3 Å². The zero-order valence-electron chi connectivity index (χ0n) is 16.8. The van der Waals surface area contributed by atoms with Gasteiger partial charge in [-0.25, -0.2) is 8.42 Å². The number of fused-ring (bicyclic) bond motifs is 1. The predicted molar refractivity (Wildman–Crippen MR) is 120 cm³/mol. The summed E-state index contributed by atoms with van der Waals surface area (Å²) in [7, 11) is -0.711. The molecular weight excluding hydrogens is 444 g/mol. The van der Waals surface area contributed by atoms with Gasteiger partial charge in [0.05, 0.1) is 29.3 Å². The molecule has 0 unspecified atom stereocenters. The summed E-state index contributed by atoms with van der Waals surface area (Å²) in [5.74, 6) is 0.687. The average Bonchev–Trinajstić information content (AvgIpc) is 3.07. The molecule has 160 valence electrons. The van der Waals surface area contributed by atoms with Crippen LogP contribution in [0, 0.1) is 0 Å². The molecule has 0 aliphatic rings.